The van der Waals surface area contributed by atoms with Crippen molar-refractivity contribution in [3.05, 3.63) is 42.9 Å². The summed E-state index contributed by atoms with van der Waals surface area (Å²) in [6, 6.07) is 9.90. The molecule has 0 aliphatic rings. The van der Waals surface area contributed by atoms with Gasteiger partial charge in [-0.2, -0.15) is 0 Å². The van der Waals surface area contributed by atoms with Gasteiger partial charge in [0, 0.05) is 17.0 Å². The number of oxazole rings is 1. The molecule has 1 aromatic carbocycles. The van der Waals surface area contributed by atoms with Gasteiger partial charge in [0.15, 0.2) is 6.39 Å². The SMILES string of the molecule is c1cnc2ccc3cc4ncoc4nc3c2c1. The fourth-order valence-electron chi connectivity index (χ4n) is 2.08. The van der Waals surface area contributed by atoms with Gasteiger partial charge in [-0.15, -0.1) is 0 Å². The Morgan fingerprint density at radius 3 is 3.00 bits per heavy atom. The Morgan fingerprint density at radius 2 is 2.00 bits per heavy atom. The predicted octanol–water partition coefficient (Wildman–Crippen LogP) is 2.92. The molecule has 80 valence electrons. The monoisotopic (exact) mass is 221 g/mol. The maximum Gasteiger partial charge on any atom is 0.247 e. The van der Waals surface area contributed by atoms with Gasteiger partial charge in [-0.25, -0.2) is 9.97 Å². The molecule has 0 radical (unpaired) electrons. The molecular formula is C13H7N3O. The molecule has 0 amide bonds. The fourth-order valence-corrected chi connectivity index (χ4v) is 2.08. The second kappa shape index (κ2) is 3.01. The topological polar surface area (TPSA) is 51.8 Å². The molecule has 4 aromatic rings. The molecule has 0 unspecified atom stereocenters. The maximum absolute atomic E-state index is 5.23. The molecule has 4 heteroatoms. The van der Waals surface area contributed by atoms with Crippen molar-refractivity contribution in [2.45, 2.75) is 0 Å². The third-order valence-electron chi connectivity index (χ3n) is 2.87. The van der Waals surface area contributed by atoms with Crippen molar-refractivity contribution < 1.29 is 4.42 Å². The minimum Gasteiger partial charge on any atom is -0.425 e. The number of fused-ring (bicyclic) bond motifs is 4. The van der Waals surface area contributed by atoms with E-state index < -0.39 is 0 Å². The van der Waals surface area contributed by atoms with E-state index >= 15 is 0 Å². The lowest BCUT2D eigenvalue weighted by molar-refractivity contribution is 0.592. The van der Waals surface area contributed by atoms with Gasteiger partial charge < -0.3 is 4.42 Å². The number of hydrogen-bond donors (Lipinski definition) is 0. The van der Waals surface area contributed by atoms with Crippen LogP contribution in [0.15, 0.2) is 47.3 Å². The summed E-state index contributed by atoms with van der Waals surface area (Å²) in [5, 5.41) is 2.08. The van der Waals surface area contributed by atoms with E-state index in [0.717, 1.165) is 27.3 Å². The lowest BCUT2D eigenvalue weighted by atomic mass is 10.1. The molecule has 3 heterocycles. The minimum absolute atomic E-state index is 0.564. The van der Waals surface area contributed by atoms with E-state index in [4.69, 9.17) is 4.42 Å². The van der Waals surface area contributed by atoms with E-state index in [2.05, 4.69) is 15.0 Å². The van der Waals surface area contributed by atoms with Gasteiger partial charge in [0.2, 0.25) is 5.71 Å². The molecule has 0 N–H and O–H groups in total. The molecule has 3 aromatic heterocycles. The summed E-state index contributed by atoms with van der Waals surface area (Å²) in [5.41, 5.74) is 3.18. The van der Waals surface area contributed by atoms with Gasteiger partial charge in [-0.1, -0.05) is 6.07 Å². The van der Waals surface area contributed by atoms with Gasteiger partial charge in [-0.3, -0.25) is 4.98 Å². The van der Waals surface area contributed by atoms with E-state index in [-0.39, 0.29) is 0 Å². The lowest BCUT2D eigenvalue weighted by Gasteiger charge is -2.01. The zero-order valence-electron chi connectivity index (χ0n) is 8.79. The highest BCUT2D eigenvalue weighted by molar-refractivity contribution is 6.06. The Bertz CT molecular complexity index is 851. The highest BCUT2D eigenvalue weighted by atomic mass is 16.3. The Morgan fingerprint density at radius 1 is 1.00 bits per heavy atom. The molecule has 4 rings (SSSR count). The molecule has 0 bridgehead atoms. The van der Waals surface area contributed by atoms with Crippen molar-refractivity contribution >= 4 is 33.0 Å². The van der Waals surface area contributed by atoms with Crippen LogP contribution in [0, 0.1) is 0 Å². The van der Waals surface area contributed by atoms with Gasteiger partial charge in [0.25, 0.3) is 0 Å². The lowest BCUT2D eigenvalue weighted by Crippen LogP contribution is -1.84. The standard InChI is InChI=1S/C13H7N3O/c1-2-9-10(14-5-1)4-3-8-6-11-13(16-12(8)9)17-7-15-11/h1-7H. The molecule has 0 saturated carbocycles. The highest BCUT2D eigenvalue weighted by Gasteiger charge is 2.06. The van der Waals surface area contributed by atoms with Crippen LogP contribution in [0.5, 0.6) is 0 Å². The number of rotatable bonds is 0. The first-order valence-corrected chi connectivity index (χ1v) is 5.29. The van der Waals surface area contributed by atoms with Crippen LogP contribution in [0.2, 0.25) is 0 Å². The molecule has 0 aliphatic carbocycles. The van der Waals surface area contributed by atoms with E-state index in [9.17, 15) is 0 Å². The van der Waals surface area contributed by atoms with Gasteiger partial charge in [0.05, 0.1) is 11.0 Å². The first kappa shape index (κ1) is 8.64. The van der Waals surface area contributed by atoms with Crippen LogP contribution >= 0.6 is 0 Å². The van der Waals surface area contributed by atoms with Crippen molar-refractivity contribution in [2.24, 2.45) is 0 Å². The molecule has 0 fully saturated rings. The Kier molecular flexibility index (Phi) is 1.53. The normalized spacial score (nSPS) is 11.5. The summed E-state index contributed by atoms with van der Waals surface area (Å²) in [7, 11) is 0. The van der Waals surface area contributed by atoms with Crippen molar-refractivity contribution in [3.63, 3.8) is 0 Å². The van der Waals surface area contributed by atoms with Crippen LogP contribution in [0.3, 0.4) is 0 Å². The minimum atomic E-state index is 0.564. The summed E-state index contributed by atoms with van der Waals surface area (Å²) >= 11 is 0. The van der Waals surface area contributed by atoms with Crippen LogP contribution in [-0.4, -0.2) is 15.0 Å². The fraction of sp³-hybridized carbons (Fsp3) is 0. The molecule has 0 atom stereocenters. The van der Waals surface area contributed by atoms with Crippen molar-refractivity contribution in [1.82, 2.24) is 15.0 Å². The number of nitrogens with zero attached hydrogens (tertiary/aromatic N) is 3. The van der Waals surface area contributed by atoms with Crippen molar-refractivity contribution in [3.8, 4) is 0 Å². The van der Waals surface area contributed by atoms with Crippen LogP contribution < -0.4 is 0 Å². The molecule has 0 saturated heterocycles. The Labute approximate surface area is 95.9 Å². The summed E-state index contributed by atoms with van der Waals surface area (Å²) < 4.78 is 5.23. The zero-order valence-corrected chi connectivity index (χ0v) is 8.79. The Hall–Kier alpha value is -2.49. The number of benzene rings is 1. The van der Waals surface area contributed by atoms with E-state index in [1.54, 1.807) is 6.20 Å². The van der Waals surface area contributed by atoms with Crippen LogP contribution in [0.4, 0.5) is 0 Å². The predicted molar refractivity (Wildman–Crippen MR) is 64.6 cm³/mol. The second-order valence-corrected chi connectivity index (χ2v) is 3.87. The Balaban J connectivity index is 2.30. The number of hydrogen-bond acceptors (Lipinski definition) is 4. The van der Waals surface area contributed by atoms with Crippen LogP contribution in [-0.2, 0) is 0 Å². The molecule has 4 nitrogen and oxygen atoms in total. The van der Waals surface area contributed by atoms with E-state index in [1.807, 2.05) is 30.3 Å². The highest BCUT2D eigenvalue weighted by Crippen LogP contribution is 2.25. The van der Waals surface area contributed by atoms with E-state index in [1.165, 1.54) is 6.39 Å². The molecule has 0 spiro atoms. The molecular weight excluding hydrogens is 214 g/mol. The summed E-state index contributed by atoms with van der Waals surface area (Å²) in [5.74, 6) is 0. The third-order valence-corrected chi connectivity index (χ3v) is 2.87. The third kappa shape index (κ3) is 1.15. The summed E-state index contributed by atoms with van der Waals surface area (Å²) in [6.07, 6.45) is 3.19. The van der Waals surface area contributed by atoms with Crippen LogP contribution in [0.1, 0.15) is 0 Å². The maximum atomic E-state index is 5.23. The average Bonchev–Trinajstić information content (AvgIpc) is 2.83. The van der Waals surface area contributed by atoms with Crippen molar-refractivity contribution in [2.75, 3.05) is 0 Å². The smallest absolute Gasteiger partial charge is 0.247 e. The number of aromatic nitrogens is 3. The first-order valence-electron chi connectivity index (χ1n) is 5.29. The van der Waals surface area contributed by atoms with Gasteiger partial charge in [-0.05, 0) is 24.3 Å². The molecule has 17 heavy (non-hydrogen) atoms. The quantitative estimate of drug-likeness (QED) is 0.428. The van der Waals surface area contributed by atoms with Crippen molar-refractivity contribution in [1.29, 1.82) is 0 Å². The first-order chi connectivity index (χ1) is 8.42. The summed E-state index contributed by atoms with van der Waals surface area (Å²) in [6.45, 7) is 0. The van der Waals surface area contributed by atoms with Crippen LogP contribution in [0.25, 0.3) is 33.0 Å². The number of pyridine rings is 2. The largest absolute Gasteiger partial charge is 0.425 e. The average molecular weight is 221 g/mol. The zero-order chi connectivity index (χ0) is 11.2. The second-order valence-electron chi connectivity index (χ2n) is 3.87. The molecule has 0 aliphatic heterocycles. The van der Waals surface area contributed by atoms with Gasteiger partial charge in [0.1, 0.15) is 5.52 Å². The summed E-state index contributed by atoms with van der Waals surface area (Å²) in [4.78, 5) is 12.9. The van der Waals surface area contributed by atoms with Gasteiger partial charge >= 0.3 is 0 Å². The van der Waals surface area contributed by atoms with E-state index in [0.29, 0.717) is 5.71 Å².